The molecule has 0 spiro atoms. The lowest BCUT2D eigenvalue weighted by Gasteiger charge is -2.50. The Morgan fingerprint density at radius 1 is 1.38 bits per heavy atom. The second-order valence-corrected chi connectivity index (χ2v) is 12.3. The molecule has 1 saturated heterocycles. The van der Waals surface area contributed by atoms with Crippen LogP contribution in [0.25, 0.3) is 0 Å². The molecule has 39 heavy (non-hydrogen) atoms. The maximum atomic E-state index is 13.1. The van der Waals surface area contributed by atoms with Gasteiger partial charge in [-0.25, -0.2) is 4.98 Å². The zero-order chi connectivity index (χ0) is 27.8. The van der Waals surface area contributed by atoms with Gasteiger partial charge in [0, 0.05) is 23.3 Å². The van der Waals surface area contributed by atoms with E-state index in [2.05, 4.69) is 20.4 Å². The van der Waals surface area contributed by atoms with Crippen molar-refractivity contribution in [2.75, 3.05) is 30.9 Å². The van der Waals surface area contributed by atoms with Crippen LogP contribution in [0.15, 0.2) is 38.1 Å². The number of aromatic nitrogens is 1. The summed E-state index contributed by atoms with van der Waals surface area (Å²) in [5, 5.41) is 19.9. The lowest BCUT2D eigenvalue weighted by Crippen LogP contribution is -3.11. The number of β-lactam (4-membered cyclic amide) rings is 1. The summed E-state index contributed by atoms with van der Waals surface area (Å²) in [7, 11) is 2.04. The Bertz CT molecular complexity index is 1340. The zero-order valence-electron chi connectivity index (χ0n) is 21.3. The molecular weight excluding hydrogens is 565 g/mol. The summed E-state index contributed by atoms with van der Waals surface area (Å²) in [6, 6.07) is -0.945. The van der Waals surface area contributed by atoms with Crippen LogP contribution in [0.2, 0.25) is 0 Å². The molecule has 16 heteroatoms. The van der Waals surface area contributed by atoms with Gasteiger partial charge in [0.15, 0.2) is 10.8 Å². The summed E-state index contributed by atoms with van der Waals surface area (Å²) in [6.07, 6.45) is 2.96. The number of hydrogen-bond donors (Lipinski definition) is 4. The molecule has 13 nitrogen and oxygen atoms in total. The predicted octanol–water partition coefficient (Wildman–Crippen LogP) is -1.79. The maximum Gasteiger partial charge on any atom is 0.276 e. The number of amides is 2. The first kappa shape index (κ1) is 27.5. The van der Waals surface area contributed by atoms with Gasteiger partial charge >= 0.3 is 0 Å². The van der Waals surface area contributed by atoms with Crippen LogP contribution >= 0.6 is 34.9 Å². The number of aliphatic carboxylic acids is 1. The van der Waals surface area contributed by atoms with Gasteiger partial charge in [-0.3, -0.25) is 19.4 Å². The van der Waals surface area contributed by atoms with Gasteiger partial charge in [-0.05, 0) is 25.3 Å². The quantitative estimate of drug-likeness (QED) is 0.145. The number of thioether (sulfide) groups is 2. The topological polar surface area (TPSA) is 193 Å². The van der Waals surface area contributed by atoms with Crippen molar-refractivity contribution < 1.29 is 29.2 Å². The number of nitrogens with two attached hydrogens (primary N) is 2. The van der Waals surface area contributed by atoms with Gasteiger partial charge in [0.25, 0.3) is 11.8 Å². The molecule has 1 fully saturated rings. The van der Waals surface area contributed by atoms with Crippen LogP contribution in [0.4, 0.5) is 5.13 Å². The SMILES string of the molecule is CCO/N=C(\C(=O)NC1C(=O)N2C(C(=O)[O-])=C(CSC3N=C(N)C4=C(CCC4)[NH+]3C)CS[C@H]12)c1csc(N)n1. The predicted molar refractivity (Wildman–Crippen MR) is 147 cm³/mol. The highest BCUT2D eigenvalue weighted by Gasteiger charge is 2.53. The Balaban J connectivity index is 1.29. The number of nitrogen functional groups attached to an aromatic ring is 1. The Labute approximate surface area is 236 Å². The van der Waals surface area contributed by atoms with E-state index < -0.39 is 29.2 Å². The van der Waals surface area contributed by atoms with E-state index in [4.69, 9.17) is 16.3 Å². The Morgan fingerprint density at radius 2 is 2.18 bits per heavy atom. The van der Waals surface area contributed by atoms with Gasteiger partial charge in [-0.2, -0.15) is 4.99 Å². The number of carbonyl (C=O) groups excluding carboxylic acids is 3. The second kappa shape index (κ2) is 11.2. The van der Waals surface area contributed by atoms with Crippen molar-refractivity contribution in [1.82, 2.24) is 15.2 Å². The number of carbonyl (C=O) groups is 3. The Kier molecular flexibility index (Phi) is 7.89. The first-order valence-electron chi connectivity index (χ1n) is 12.3. The van der Waals surface area contributed by atoms with Crippen molar-refractivity contribution >= 4 is 69.3 Å². The molecule has 1 aromatic rings. The van der Waals surface area contributed by atoms with E-state index >= 15 is 0 Å². The fraction of sp³-hybridized carbons (Fsp3) is 0.478. The van der Waals surface area contributed by atoms with Crippen LogP contribution in [0.3, 0.4) is 0 Å². The van der Waals surface area contributed by atoms with E-state index in [1.165, 1.54) is 34.1 Å². The first-order valence-corrected chi connectivity index (χ1v) is 15.3. The molecule has 3 aliphatic heterocycles. The fourth-order valence-corrected chi connectivity index (χ4v) is 8.18. The number of aliphatic imine (C=N–C) groups is 1. The number of allylic oxidation sites excluding steroid dienone is 1. The van der Waals surface area contributed by atoms with E-state index in [-0.39, 0.29) is 34.3 Å². The lowest BCUT2D eigenvalue weighted by molar-refractivity contribution is -0.851. The number of amidine groups is 1. The van der Waals surface area contributed by atoms with Crippen LogP contribution in [0.5, 0.6) is 0 Å². The van der Waals surface area contributed by atoms with Gasteiger partial charge in [-0.1, -0.05) is 16.9 Å². The summed E-state index contributed by atoms with van der Waals surface area (Å²) >= 11 is 3.99. The summed E-state index contributed by atoms with van der Waals surface area (Å²) in [6.45, 7) is 1.93. The molecule has 0 radical (unpaired) electrons. The van der Waals surface area contributed by atoms with Crippen molar-refractivity contribution in [3.05, 3.63) is 33.6 Å². The molecule has 4 aliphatic rings. The molecule has 6 N–H and O–H groups in total. The molecule has 5 rings (SSSR count). The van der Waals surface area contributed by atoms with E-state index in [0.717, 1.165) is 41.1 Å². The standard InChI is InChI=1S/C23H28N8O5S3/c1-3-36-29-14(12-9-38-22(25)26-12)18(32)27-15-19(33)31-16(21(34)35)10(7-37-20(15)31)8-39-23-28-17(24)11-5-4-6-13(11)30(23)2/h9,15,20,23H,3-8H2,1-2H3,(H2,24,28)(H2,25,26)(H,27,32)(H,34,35)/b29-14-/t15?,20-,23?/m1/s1. The van der Waals surface area contributed by atoms with Crippen LogP contribution in [-0.4, -0.2) is 81.3 Å². The largest absolute Gasteiger partial charge is 0.543 e. The van der Waals surface area contributed by atoms with E-state index in [9.17, 15) is 19.5 Å². The minimum absolute atomic E-state index is 0.121. The van der Waals surface area contributed by atoms with Crippen LogP contribution in [0, 0.1) is 0 Å². The summed E-state index contributed by atoms with van der Waals surface area (Å²) in [5.41, 5.74) is 14.6. The average molecular weight is 593 g/mol. The fourth-order valence-electron chi connectivity index (χ4n) is 4.98. The number of anilines is 1. The molecular formula is C23H28N8O5S3. The van der Waals surface area contributed by atoms with Crippen molar-refractivity contribution in [1.29, 1.82) is 0 Å². The molecule has 1 aromatic heterocycles. The number of nitrogens with zero attached hydrogens (tertiary/aromatic N) is 4. The average Bonchev–Trinajstić information content (AvgIpc) is 3.58. The van der Waals surface area contributed by atoms with Crippen molar-refractivity contribution in [3.8, 4) is 0 Å². The van der Waals surface area contributed by atoms with E-state index in [0.29, 0.717) is 22.9 Å². The van der Waals surface area contributed by atoms with Gasteiger partial charge < -0.3 is 31.5 Å². The number of carboxylic acid groups (broad SMARTS) is 1. The summed E-state index contributed by atoms with van der Waals surface area (Å²) in [5.74, 6) is -1.38. The zero-order valence-corrected chi connectivity index (χ0v) is 23.7. The number of rotatable bonds is 9. The molecule has 0 aromatic carbocycles. The Hall–Kier alpha value is -3.08. The normalized spacial score (nSPS) is 26.6. The Morgan fingerprint density at radius 3 is 2.87 bits per heavy atom. The van der Waals surface area contributed by atoms with Gasteiger partial charge in [-0.15, -0.1) is 23.1 Å². The van der Waals surface area contributed by atoms with E-state index in [1.54, 1.807) is 12.3 Å². The van der Waals surface area contributed by atoms with E-state index in [1.807, 2.05) is 7.05 Å². The highest BCUT2D eigenvalue weighted by molar-refractivity contribution is 8.01. The monoisotopic (exact) mass is 592 g/mol. The number of thiazole rings is 1. The van der Waals surface area contributed by atoms with Crippen LogP contribution < -0.4 is 26.8 Å². The molecule has 1 aliphatic carbocycles. The van der Waals surface area contributed by atoms with Crippen molar-refractivity contribution in [2.24, 2.45) is 15.9 Å². The van der Waals surface area contributed by atoms with Gasteiger partial charge in [0.2, 0.25) is 5.50 Å². The third-order valence-electron chi connectivity index (χ3n) is 6.84. The lowest BCUT2D eigenvalue weighted by atomic mass is 10.0. The maximum absolute atomic E-state index is 13.1. The number of hydrogen-bond acceptors (Lipinski definition) is 13. The molecule has 4 atom stereocenters. The number of fused-ring (bicyclic) bond motifs is 1. The highest BCUT2D eigenvalue weighted by Crippen LogP contribution is 2.41. The molecule has 4 heterocycles. The number of oxime groups is 1. The summed E-state index contributed by atoms with van der Waals surface area (Å²) < 4.78 is 0. The van der Waals surface area contributed by atoms with Gasteiger partial charge in [0.05, 0.1) is 24.3 Å². The van der Waals surface area contributed by atoms with Crippen LogP contribution in [-0.2, 0) is 19.2 Å². The third kappa shape index (κ3) is 5.13. The molecule has 0 bridgehead atoms. The smallest absolute Gasteiger partial charge is 0.276 e. The summed E-state index contributed by atoms with van der Waals surface area (Å²) in [4.78, 5) is 54.4. The van der Waals surface area contributed by atoms with Crippen molar-refractivity contribution in [3.63, 3.8) is 0 Å². The third-order valence-corrected chi connectivity index (χ3v) is 10.1. The second-order valence-electron chi connectivity index (χ2n) is 9.20. The minimum atomic E-state index is -1.43. The molecule has 3 unspecified atom stereocenters. The van der Waals surface area contributed by atoms with Crippen LogP contribution in [0.1, 0.15) is 31.9 Å². The number of nitrogens with one attached hydrogen (secondary N) is 2. The van der Waals surface area contributed by atoms with Gasteiger partial charge in [0.1, 0.15) is 35.2 Å². The number of carboxylic acids is 1. The molecule has 0 saturated carbocycles. The highest BCUT2D eigenvalue weighted by atomic mass is 32.2. The molecule has 208 valence electrons. The van der Waals surface area contributed by atoms with Crippen molar-refractivity contribution in [2.45, 2.75) is 43.1 Å². The molecule has 2 amide bonds. The number of quaternary nitrogens is 1. The first-order chi connectivity index (χ1) is 18.7. The minimum Gasteiger partial charge on any atom is -0.543 e.